The third-order valence-corrected chi connectivity index (χ3v) is 4.50. The van der Waals surface area contributed by atoms with Crippen LogP contribution >= 0.6 is 11.6 Å². The summed E-state index contributed by atoms with van der Waals surface area (Å²) in [6.07, 6.45) is 4.50. The Hall–Kier alpha value is -1.41. The molecule has 2 nitrogen and oxygen atoms in total. The maximum absolute atomic E-state index is 12.5. The zero-order valence-corrected chi connectivity index (χ0v) is 11.5. The van der Waals surface area contributed by atoms with Crippen LogP contribution in [0.5, 0.6) is 0 Å². The SMILES string of the molecule is CCC1=CCC2C(=O)c3cc(Cl)ccc3C(=O)C2C1. The molecule has 0 saturated heterocycles. The van der Waals surface area contributed by atoms with E-state index in [1.54, 1.807) is 18.2 Å². The molecule has 2 aliphatic rings. The van der Waals surface area contributed by atoms with Gasteiger partial charge < -0.3 is 0 Å². The second kappa shape index (κ2) is 4.61. The Labute approximate surface area is 117 Å². The molecule has 0 aromatic heterocycles. The summed E-state index contributed by atoms with van der Waals surface area (Å²) in [6, 6.07) is 5.01. The molecule has 3 heteroatoms. The molecule has 0 amide bonds. The maximum Gasteiger partial charge on any atom is 0.167 e. The standard InChI is InChI=1S/C16H15ClO2/c1-2-9-3-5-11-13(7-9)15(18)12-6-4-10(17)8-14(12)16(11)19/h3-4,6,8,11,13H,2,5,7H2,1H3. The van der Waals surface area contributed by atoms with Gasteiger partial charge in [-0.15, -0.1) is 0 Å². The molecule has 0 heterocycles. The van der Waals surface area contributed by atoms with E-state index in [0.717, 1.165) is 12.8 Å². The van der Waals surface area contributed by atoms with E-state index in [2.05, 4.69) is 13.0 Å². The van der Waals surface area contributed by atoms with Crippen LogP contribution in [0, 0.1) is 11.8 Å². The second-order valence-electron chi connectivity index (χ2n) is 5.29. The largest absolute Gasteiger partial charge is 0.294 e. The van der Waals surface area contributed by atoms with Crippen molar-refractivity contribution in [2.75, 3.05) is 0 Å². The van der Waals surface area contributed by atoms with Gasteiger partial charge in [0.2, 0.25) is 0 Å². The van der Waals surface area contributed by atoms with E-state index in [1.165, 1.54) is 5.57 Å². The number of rotatable bonds is 1. The van der Waals surface area contributed by atoms with Crippen LogP contribution in [0.2, 0.25) is 5.02 Å². The lowest BCUT2D eigenvalue weighted by atomic mass is 9.67. The molecule has 0 spiro atoms. The number of hydrogen-bond donors (Lipinski definition) is 0. The van der Waals surface area contributed by atoms with Crippen LogP contribution in [-0.4, -0.2) is 11.6 Å². The third kappa shape index (κ3) is 1.95. The van der Waals surface area contributed by atoms with Crippen LogP contribution in [0.25, 0.3) is 0 Å². The summed E-state index contributed by atoms with van der Waals surface area (Å²) in [5.74, 6) is -0.168. The van der Waals surface area contributed by atoms with Gasteiger partial charge in [-0.2, -0.15) is 0 Å². The van der Waals surface area contributed by atoms with Gasteiger partial charge in [-0.3, -0.25) is 9.59 Å². The predicted octanol–water partition coefficient (Wildman–Crippen LogP) is 4.08. The smallest absolute Gasteiger partial charge is 0.167 e. The monoisotopic (exact) mass is 274 g/mol. The van der Waals surface area contributed by atoms with Gasteiger partial charge >= 0.3 is 0 Å². The van der Waals surface area contributed by atoms with Gasteiger partial charge in [-0.05, 0) is 37.5 Å². The molecule has 2 unspecified atom stereocenters. The normalized spacial score (nSPS) is 25.7. The molecule has 0 bridgehead atoms. The molecule has 0 aliphatic heterocycles. The van der Waals surface area contributed by atoms with Gasteiger partial charge in [0.25, 0.3) is 0 Å². The summed E-state index contributed by atoms with van der Waals surface area (Å²) in [6.45, 7) is 2.09. The van der Waals surface area contributed by atoms with Gasteiger partial charge in [0.05, 0.1) is 0 Å². The highest BCUT2D eigenvalue weighted by atomic mass is 35.5. The lowest BCUT2D eigenvalue weighted by molar-refractivity contribution is 0.0724. The fraction of sp³-hybridized carbons (Fsp3) is 0.375. The Morgan fingerprint density at radius 3 is 2.63 bits per heavy atom. The third-order valence-electron chi connectivity index (χ3n) is 4.27. The van der Waals surface area contributed by atoms with Crippen LogP contribution in [0.4, 0.5) is 0 Å². The van der Waals surface area contributed by atoms with Gasteiger partial charge in [-0.1, -0.05) is 30.2 Å². The first-order chi connectivity index (χ1) is 9.11. The average molecular weight is 275 g/mol. The molecule has 0 saturated carbocycles. The fourth-order valence-corrected chi connectivity index (χ4v) is 3.33. The first kappa shape index (κ1) is 12.6. The van der Waals surface area contributed by atoms with Gasteiger partial charge in [-0.25, -0.2) is 0 Å². The van der Waals surface area contributed by atoms with E-state index in [0.29, 0.717) is 22.6 Å². The highest BCUT2D eigenvalue weighted by molar-refractivity contribution is 6.31. The first-order valence-corrected chi connectivity index (χ1v) is 7.05. The summed E-state index contributed by atoms with van der Waals surface area (Å²) in [7, 11) is 0. The van der Waals surface area contributed by atoms with E-state index >= 15 is 0 Å². The number of fused-ring (bicyclic) bond motifs is 2. The van der Waals surface area contributed by atoms with Crippen molar-refractivity contribution >= 4 is 23.2 Å². The van der Waals surface area contributed by atoms with Crippen molar-refractivity contribution in [2.45, 2.75) is 26.2 Å². The lowest BCUT2D eigenvalue weighted by Crippen LogP contribution is -2.38. The van der Waals surface area contributed by atoms with Crippen molar-refractivity contribution in [2.24, 2.45) is 11.8 Å². The Morgan fingerprint density at radius 1 is 1.16 bits per heavy atom. The van der Waals surface area contributed by atoms with Crippen LogP contribution in [0.1, 0.15) is 46.9 Å². The summed E-state index contributed by atoms with van der Waals surface area (Å²) in [5.41, 5.74) is 2.35. The summed E-state index contributed by atoms with van der Waals surface area (Å²) < 4.78 is 0. The molecular formula is C16H15ClO2. The molecule has 0 N–H and O–H groups in total. The topological polar surface area (TPSA) is 34.1 Å². The van der Waals surface area contributed by atoms with Gasteiger partial charge in [0, 0.05) is 28.0 Å². The molecule has 0 fully saturated rings. The number of allylic oxidation sites excluding steroid dienone is 2. The number of carbonyl (C=O) groups is 2. The minimum absolute atomic E-state index is 0.0773. The zero-order valence-electron chi connectivity index (χ0n) is 10.8. The summed E-state index contributed by atoms with van der Waals surface area (Å²) in [4.78, 5) is 25.1. The van der Waals surface area contributed by atoms with Crippen molar-refractivity contribution in [3.63, 3.8) is 0 Å². The van der Waals surface area contributed by atoms with Gasteiger partial charge in [0.1, 0.15) is 0 Å². The average Bonchev–Trinajstić information content (AvgIpc) is 2.44. The summed E-state index contributed by atoms with van der Waals surface area (Å²) >= 11 is 5.93. The van der Waals surface area contributed by atoms with Crippen molar-refractivity contribution in [3.8, 4) is 0 Å². The molecule has 3 rings (SSSR count). The summed E-state index contributed by atoms with van der Waals surface area (Å²) in [5, 5.41) is 0.513. The fourth-order valence-electron chi connectivity index (χ4n) is 3.15. The number of halogens is 1. The van der Waals surface area contributed by atoms with Crippen molar-refractivity contribution < 1.29 is 9.59 Å². The van der Waals surface area contributed by atoms with Crippen LogP contribution in [-0.2, 0) is 0 Å². The van der Waals surface area contributed by atoms with E-state index in [9.17, 15) is 9.59 Å². The number of carbonyl (C=O) groups excluding carboxylic acids is 2. The number of hydrogen-bond acceptors (Lipinski definition) is 2. The van der Waals surface area contributed by atoms with Crippen LogP contribution < -0.4 is 0 Å². The second-order valence-corrected chi connectivity index (χ2v) is 5.72. The Morgan fingerprint density at radius 2 is 1.89 bits per heavy atom. The van der Waals surface area contributed by atoms with Crippen molar-refractivity contribution in [3.05, 3.63) is 46.0 Å². The highest BCUT2D eigenvalue weighted by Crippen LogP contribution is 2.40. The van der Waals surface area contributed by atoms with Crippen LogP contribution in [0.3, 0.4) is 0 Å². The van der Waals surface area contributed by atoms with E-state index < -0.39 is 0 Å². The quantitative estimate of drug-likeness (QED) is 0.723. The van der Waals surface area contributed by atoms with E-state index in [4.69, 9.17) is 11.6 Å². The molecule has 2 aliphatic carbocycles. The number of ketones is 2. The van der Waals surface area contributed by atoms with Crippen molar-refractivity contribution in [1.82, 2.24) is 0 Å². The molecule has 0 radical (unpaired) electrons. The molecule has 1 aromatic carbocycles. The van der Waals surface area contributed by atoms with E-state index in [1.807, 2.05) is 0 Å². The molecule has 19 heavy (non-hydrogen) atoms. The van der Waals surface area contributed by atoms with Crippen molar-refractivity contribution in [1.29, 1.82) is 0 Å². The lowest BCUT2D eigenvalue weighted by Gasteiger charge is -2.33. The molecule has 1 aromatic rings. The van der Waals surface area contributed by atoms with Gasteiger partial charge in [0.15, 0.2) is 11.6 Å². The Kier molecular flexibility index (Phi) is 3.06. The minimum atomic E-state index is -0.186. The Balaban J connectivity index is 2.07. The minimum Gasteiger partial charge on any atom is -0.294 e. The van der Waals surface area contributed by atoms with Crippen LogP contribution in [0.15, 0.2) is 29.8 Å². The zero-order chi connectivity index (χ0) is 13.6. The number of benzene rings is 1. The number of Topliss-reactive ketones (excluding diaryl/α,β-unsaturated/α-hetero) is 2. The first-order valence-electron chi connectivity index (χ1n) is 6.67. The predicted molar refractivity (Wildman–Crippen MR) is 74.7 cm³/mol. The molecular weight excluding hydrogens is 260 g/mol. The molecule has 2 atom stereocenters. The maximum atomic E-state index is 12.5. The highest BCUT2D eigenvalue weighted by Gasteiger charge is 2.42. The molecule has 98 valence electrons. The van der Waals surface area contributed by atoms with E-state index in [-0.39, 0.29) is 23.4 Å². The Bertz CT molecular complexity index is 601.